The topological polar surface area (TPSA) is 24.9 Å². The van der Waals surface area contributed by atoms with Crippen molar-refractivity contribution in [2.24, 2.45) is 11.8 Å². The molecule has 1 heterocycles. The maximum atomic E-state index is 4.64. The normalized spacial score (nSPS) is 24.1. The summed E-state index contributed by atoms with van der Waals surface area (Å²) in [6.07, 6.45) is 5.98. The summed E-state index contributed by atoms with van der Waals surface area (Å²) in [5.74, 6) is 1.54. The van der Waals surface area contributed by atoms with Crippen molar-refractivity contribution in [1.29, 1.82) is 0 Å². The van der Waals surface area contributed by atoms with Crippen LogP contribution in [0, 0.1) is 11.8 Å². The zero-order chi connectivity index (χ0) is 13.9. The van der Waals surface area contributed by atoms with E-state index in [-0.39, 0.29) is 0 Å². The number of hydrogen-bond acceptors (Lipinski definition) is 2. The van der Waals surface area contributed by atoms with E-state index >= 15 is 0 Å². The molecule has 0 radical (unpaired) electrons. The lowest BCUT2D eigenvalue weighted by Crippen LogP contribution is -2.30. The zero-order valence-corrected chi connectivity index (χ0v) is 12.5. The summed E-state index contributed by atoms with van der Waals surface area (Å²) < 4.78 is 0. The molecule has 20 heavy (non-hydrogen) atoms. The Kier molecular flexibility index (Phi) is 4.02. The highest BCUT2D eigenvalue weighted by molar-refractivity contribution is 5.82. The second-order valence-corrected chi connectivity index (χ2v) is 6.03. The van der Waals surface area contributed by atoms with Crippen LogP contribution in [0.15, 0.2) is 36.5 Å². The maximum absolute atomic E-state index is 4.64. The van der Waals surface area contributed by atoms with Crippen molar-refractivity contribution in [3.05, 3.63) is 42.1 Å². The Balaban J connectivity index is 2.05. The lowest BCUT2D eigenvalue weighted by molar-refractivity contribution is 0.307. The molecule has 3 atom stereocenters. The van der Waals surface area contributed by atoms with E-state index in [0.29, 0.717) is 6.04 Å². The second-order valence-electron chi connectivity index (χ2n) is 6.03. The van der Waals surface area contributed by atoms with Crippen LogP contribution in [-0.4, -0.2) is 11.5 Å². The van der Waals surface area contributed by atoms with Gasteiger partial charge >= 0.3 is 0 Å². The molecule has 0 saturated heterocycles. The molecule has 0 spiro atoms. The Morgan fingerprint density at radius 2 is 2.10 bits per heavy atom. The number of hydrogen-bond donors (Lipinski definition) is 1. The van der Waals surface area contributed by atoms with Crippen molar-refractivity contribution in [1.82, 2.24) is 10.3 Å². The molecular formula is C18H24N2. The highest BCUT2D eigenvalue weighted by atomic mass is 14.9. The third-order valence-electron chi connectivity index (χ3n) is 4.78. The molecule has 3 rings (SSSR count). The highest BCUT2D eigenvalue weighted by Gasteiger charge is 2.32. The first-order valence-corrected chi connectivity index (χ1v) is 7.88. The molecule has 1 aromatic carbocycles. The van der Waals surface area contributed by atoms with E-state index in [9.17, 15) is 0 Å². The van der Waals surface area contributed by atoms with Crippen LogP contribution in [0.4, 0.5) is 0 Å². The van der Waals surface area contributed by atoms with Crippen LogP contribution in [0.1, 0.15) is 44.7 Å². The summed E-state index contributed by atoms with van der Waals surface area (Å²) in [6.45, 7) is 5.61. The van der Waals surface area contributed by atoms with Crippen molar-refractivity contribution in [2.75, 3.05) is 6.54 Å². The Hall–Kier alpha value is -1.41. The van der Waals surface area contributed by atoms with E-state index in [1.165, 1.54) is 35.7 Å². The summed E-state index contributed by atoms with van der Waals surface area (Å²) in [4.78, 5) is 4.64. The summed E-state index contributed by atoms with van der Waals surface area (Å²) >= 11 is 0. The van der Waals surface area contributed by atoms with Gasteiger partial charge in [0.25, 0.3) is 0 Å². The molecule has 2 heteroatoms. The van der Waals surface area contributed by atoms with Gasteiger partial charge in [-0.25, -0.2) is 0 Å². The minimum atomic E-state index is 0.441. The van der Waals surface area contributed by atoms with Gasteiger partial charge in [0.15, 0.2) is 0 Å². The number of aromatic nitrogens is 1. The standard InChI is InChI=1S/C18H24N2/c1-3-19-18(15-10-4-7-13(15)2)16-11-5-8-14-9-6-12-20-17(14)16/h5-6,8-9,11-13,15,18-19H,3-4,7,10H2,1-2H3. The number of nitrogens with one attached hydrogen (secondary N) is 1. The highest BCUT2D eigenvalue weighted by Crippen LogP contribution is 2.41. The van der Waals surface area contributed by atoms with Gasteiger partial charge in [0, 0.05) is 17.6 Å². The molecule has 1 saturated carbocycles. The van der Waals surface area contributed by atoms with Gasteiger partial charge in [-0.2, -0.15) is 0 Å². The Labute approximate surface area is 121 Å². The predicted octanol–water partition coefficient (Wildman–Crippen LogP) is 4.32. The molecule has 1 aliphatic rings. The fraction of sp³-hybridized carbons (Fsp3) is 0.500. The number of rotatable bonds is 4. The fourth-order valence-corrected chi connectivity index (χ4v) is 3.76. The number of para-hydroxylation sites is 1. The van der Waals surface area contributed by atoms with Gasteiger partial charge in [-0.05, 0) is 36.4 Å². The van der Waals surface area contributed by atoms with Gasteiger partial charge in [-0.1, -0.05) is 51.0 Å². The molecule has 1 N–H and O–H groups in total. The molecule has 0 amide bonds. The fourth-order valence-electron chi connectivity index (χ4n) is 3.76. The minimum Gasteiger partial charge on any atom is -0.310 e. The SMILES string of the molecule is CCNC(c1cccc2cccnc12)C1CCCC1C. The summed E-state index contributed by atoms with van der Waals surface area (Å²) in [6, 6.07) is 11.2. The average Bonchev–Trinajstić information content (AvgIpc) is 2.90. The Bertz CT molecular complexity index is 573. The van der Waals surface area contributed by atoms with E-state index in [0.717, 1.165) is 18.4 Å². The van der Waals surface area contributed by atoms with Crippen LogP contribution >= 0.6 is 0 Å². The second kappa shape index (κ2) is 5.92. The molecule has 2 nitrogen and oxygen atoms in total. The van der Waals surface area contributed by atoms with Crippen molar-refractivity contribution in [2.45, 2.75) is 39.2 Å². The predicted molar refractivity (Wildman–Crippen MR) is 84.7 cm³/mol. The number of pyridine rings is 1. The number of fused-ring (bicyclic) bond motifs is 1. The summed E-state index contributed by atoms with van der Waals surface area (Å²) in [5, 5.41) is 4.97. The third-order valence-corrected chi connectivity index (χ3v) is 4.78. The molecule has 1 aromatic heterocycles. The molecule has 106 valence electrons. The van der Waals surface area contributed by atoms with Crippen molar-refractivity contribution >= 4 is 10.9 Å². The lowest BCUT2D eigenvalue weighted by Gasteiger charge is -2.28. The zero-order valence-electron chi connectivity index (χ0n) is 12.5. The van der Waals surface area contributed by atoms with Crippen LogP contribution < -0.4 is 5.32 Å². The molecule has 0 aliphatic heterocycles. The Morgan fingerprint density at radius 3 is 2.85 bits per heavy atom. The van der Waals surface area contributed by atoms with Crippen LogP contribution in [0.5, 0.6) is 0 Å². The van der Waals surface area contributed by atoms with Crippen molar-refractivity contribution < 1.29 is 0 Å². The summed E-state index contributed by atoms with van der Waals surface area (Å²) in [5.41, 5.74) is 2.55. The van der Waals surface area contributed by atoms with Crippen molar-refractivity contribution in [3.63, 3.8) is 0 Å². The van der Waals surface area contributed by atoms with Gasteiger partial charge in [-0.3, -0.25) is 4.98 Å². The quantitative estimate of drug-likeness (QED) is 0.893. The van der Waals surface area contributed by atoms with E-state index in [2.05, 4.69) is 48.4 Å². The lowest BCUT2D eigenvalue weighted by atomic mass is 9.85. The van der Waals surface area contributed by atoms with Crippen LogP contribution in [-0.2, 0) is 0 Å². The van der Waals surface area contributed by atoms with Gasteiger partial charge in [0.1, 0.15) is 0 Å². The Morgan fingerprint density at radius 1 is 1.25 bits per heavy atom. The molecular weight excluding hydrogens is 244 g/mol. The number of nitrogens with zero attached hydrogens (tertiary/aromatic N) is 1. The van der Waals surface area contributed by atoms with Gasteiger partial charge < -0.3 is 5.32 Å². The van der Waals surface area contributed by atoms with Crippen LogP contribution in [0.3, 0.4) is 0 Å². The van der Waals surface area contributed by atoms with E-state index in [1.54, 1.807) is 0 Å². The van der Waals surface area contributed by atoms with Crippen LogP contribution in [0.25, 0.3) is 10.9 Å². The van der Waals surface area contributed by atoms with E-state index < -0.39 is 0 Å². The molecule has 2 aromatic rings. The number of benzene rings is 1. The smallest absolute Gasteiger partial charge is 0.0749 e. The summed E-state index contributed by atoms with van der Waals surface area (Å²) in [7, 11) is 0. The van der Waals surface area contributed by atoms with Crippen LogP contribution in [0.2, 0.25) is 0 Å². The molecule has 3 unspecified atom stereocenters. The van der Waals surface area contributed by atoms with Gasteiger partial charge in [0.2, 0.25) is 0 Å². The molecule has 1 fully saturated rings. The minimum absolute atomic E-state index is 0.441. The first-order valence-electron chi connectivity index (χ1n) is 7.88. The van der Waals surface area contributed by atoms with Gasteiger partial charge in [-0.15, -0.1) is 0 Å². The van der Waals surface area contributed by atoms with E-state index in [1.807, 2.05) is 12.3 Å². The van der Waals surface area contributed by atoms with Crippen molar-refractivity contribution in [3.8, 4) is 0 Å². The third kappa shape index (κ3) is 2.45. The first kappa shape index (κ1) is 13.6. The maximum Gasteiger partial charge on any atom is 0.0749 e. The first-order chi connectivity index (χ1) is 9.81. The largest absolute Gasteiger partial charge is 0.310 e. The van der Waals surface area contributed by atoms with Gasteiger partial charge in [0.05, 0.1) is 5.52 Å². The molecule has 1 aliphatic carbocycles. The monoisotopic (exact) mass is 268 g/mol. The van der Waals surface area contributed by atoms with E-state index in [4.69, 9.17) is 0 Å². The average molecular weight is 268 g/mol. The molecule has 0 bridgehead atoms.